The van der Waals surface area contributed by atoms with Gasteiger partial charge in [0.1, 0.15) is 0 Å². The van der Waals surface area contributed by atoms with Crippen LogP contribution in [0.4, 0.5) is 0 Å². The maximum Gasteiger partial charge on any atom is 0.0640 e. The third-order valence-electron chi connectivity index (χ3n) is 2.11. The molecule has 0 heterocycles. The Morgan fingerprint density at radius 2 is 1.77 bits per heavy atom. The van der Waals surface area contributed by atoms with E-state index in [-0.39, 0.29) is 12.6 Å². The summed E-state index contributed by atoms with van der Waals surface area (Å²) in [5.41, 5.74) is 0. The minimum atomic E-state index is 0.171. The number of ether oxygens (including phenoxy) is 1. The maximum atomic E-state index is 9.16. The predicted molar refractivity (Wildman–Crippen MR) is 54.9 cm³/mol. The van der Waals surface area contributed by atoms with Crippen LogP contribution in [0, 0.1) is 0 Å². The Kier molecular flexibility index (Phi) is 8.40. The zero-order valence-electron chi connectivity index (χ0n) is 9.12. The van der Waals surface area contributed by atoms with Crippen molar-refractivity contribution in [3.8, 4) is 0 Å². The minimum Gasteiger partial charge on any atom is -0.395 e. The quantitative estimate of drug-likeness (QED) is 0.621. The van der Waals surface area contributed by atoms with E-state index in [4.69, 9.17) is 9.84 Å². The zero-order chi connectivity index (χ0) is 10.1. The van der Waals surface area contributed by atoms with Crippen LogP contribution in [0.15, 0.2) is 0 Å². The van der Waals surface area contributed by atoms with E-state index in [0.29, 0.717) is 6.61 Å². The fourth-order valence-corrected chi connectivity index (χ4v) is 1.52. The molecule has 0 fully saturated rings. The molecule has 0 spiro atoms. The smallest absolute Gasteiger partial charge is 0.0640 e. The molecule has 0 radical (unpaired) electrons. The molecule has 0 aliphatic rings. The number of hydrogen-bond acceptors (Lipinski definition) is 3. The van der Waals surface area contributed by atoms with Crippen molar-refractivity contribution in [3.63, 3.8) is 0 Å². The van der Waals surface area contributed by atoms with Gasteiger partial charge in [0.2, 0.25) is 0 Å². The highest BCUT2D eigenvalue weighted by Crippen LogP contribution is 2.02. The van der Waals surface area contributed by atoms with Gasteiger partial charge >= 0.3 is 0 Å². The second-order valence-corrected chi connectivity index (χ2v) is 3.33. The van der Waals surface area contributed by atoms with E-state index in [1.54, 1.807) is 7.11 Å². The van der Waals surface area contributed by atoms with Crippen molar-refractivity contribution in [1.82, 2.24) is 4.90 Å². The normalized spacial score (nSPS) is 13.6. The molecule has 0 saturated heterocycles. The van der Waals surface area contributed by atoms with Gasteiger partial charge < -0.3 is 9.84 Å². The number of rotatable bonds is 8. The molecular weight excluding hydrogens is 166 g/mol. The monoisotopic (exact) mass is 189 g/mol. The van der Waals surface area contributed by atoms with Crippen molar-refractivity contribution in [2.75, 3.05) is 33.4 Å². The van der Waals surface area contributed by atoms with Crippen molar-refractivity contribution < 1.29 is 9.84 Å². The number of nitrogens with zero attached hydrogens (tertiary/aromatic N) is 1. The van der Waals surface area contributed by atoms with Crippen LogP contribution in [-0.4, -0.2) is 49.5 Å². The van der Waals surface area contributed by atoms with E-state index in [1.807, 2.05) is 0 Å². The van der Waals surface area contributed by atoms with Crippen LogP contribution in [0.5, 0.6) is 0 Å². The molecule has 1 unspecified atom stereocenters. The van der Waals surface area contributed by atoms with Crippen LogP contribution in [0.25, 0.3) is 0 Å². The molecule has 3 nitrogen and oxygen atoms in total. The summed E-state index contributed by atoms with van der Waals surface area (Å²) < 4.78 is 5.07. The second kappa shape index (κ2) is 8.48. The van der Waals surface area contributed by atoms with Gasteiger partial charge in [-0.25, -0.2) is 0 Å². The van der Waals surface area contributed by atoms with Crippen molar-refractivity contribution in [3.05, 3.63) is 0 Å². The largest absolute Gasteiger partial charge is 0.395 e. The topological polar surface area (TPSA) is 32.7 Å². The Morgan fingerprint density at radius 1 is 1.23 bits per heavy atom. The summed E-state index contributed by atoms with van der Waals surface area (Å²) >= 11 is 0. The third-order valence-corrected chi connectivity index (χ3v) is 2.11. The molecule has 0 aromatic rings. The van der Waals surface area contributed by atoms with Gasteiger partial charge in [-0.05, 0) is 25.9 Å². The highest BCUT2D eigenvalue weighted by atomic mass is 16.5. The summed E-state index contributed by atoms with van der Waals surface area (Å²) in [6, 6.07) is 0.171. The van der Waals surface area contributed by atoms with E-state index in [1.165, 1.54) is 0 Å². The zero-order valence-corrected chi connectivity index (χ0v) is 9.12. The molecular formula is C10H23NO2. The summed E-state index contributed by atoms with van der Waals surface area (Å²) in [5, 5.41) is 9.16. The summed E-state index contributed by atoms with van der Waals surface area (Å²) in [7, 11) is 1.68. The molecule has 0 aromatic heterocycles. The Labute approximate surface area is 81.7 Å². The molecule has 13 heavy (non-hydrogen) atoms. The summed E-state index contributed by atoms with van der Waals surface area (Å²) in [5.74, 6) is 0. The number of hydrogen-bond donors (Lipinski definition) is 1. The van der Waals surface area contributed by atoms with Gasteiger partial charge in [-0.15, -0.1) is 0 Å². The first-order valence-corrected chi connectivity index (χ1v) is 5.13. The van der Waals surface area contributed by atoms with Gasteiger partial charge in [0.15, 0.2) is 0 Å². The van der Waals surface area contributed by atoms with Gasteiger partial charge in [-0.3, -0.25) is 4.90 Å². The van der Waals surface area contributed by atoms with Crippen LogP contribution < -0.4 is 0 Å². The third kappa shape index (κ3) is 5.24. The molecule has 1 N–H and O–H groups in total. The first kappa shape index (κ1) is 12.9. The molecule has 0 amide bonds. The van der Waals surface area contributed by atoms with E-state index in [0.717, 1.165) is 25.9 Å². The lowest BCUT2D eigenvalue weighted by atomic mass is 10.2. The number of aliphatic hydroxyl groups excluding tert-OH is 1. The van der Waals surface area contributed by atoms with Crippen LogP contribution in [-0.2, 0) is 4.74 Å². The number of aliphatic hydroxyl groups is 1. The van der Waals surface area contributed by atoms with Crippen molar-refractivity contribution in [2.24, 2.45) is 0 Å². The fourth-order valence-electron chi connectivity index (χ4n) is 1.52. The van der Waals surface area contributed by atoms with Gasteiger partial charge in [0, 0.05) is 7.11 Å². The number of methoxy groups -OCH3 is 1. The first-order chi connectivity index (χ1) is 6.29. The molecule has 0 aromatic carbocycles. The predicted octanol–water partition coefficient (Wildman–Crippen LogP) is 1.12. The highest BCUT2D eigenvalue weighted by molar-refractivity contribution is 4.69. The molecule has 0 aliphatic carbocycles. The van der Waals surface area contributed by atoms with Gasteiger partial charge in [0.05, 0.1) is 19.3 Å². The van der Waals surface area contributed by atoms with E-state index >= 15 is 0 Å². The second-order valence-electron chi connectivity index (χ2n) is 3.33. The molecule has 0 bridgehead atoms. The SMILES string of the molecule is CCCN(CCC)C(CO)COC. The standard InChI is InChI=1S/C10H23NO2/c1-4-6-11(7-5-2)10(8-12)9-13-3/h10,12H,4-9H2,1-3H3. The lowest BCUT2D eigenvalue weighted by molar-refractivity contribution is 0.0523. The molecule has 0 aliphatic heterocycles. The Hall–Kier alpha value is -0.120. The minimum absolute atomic E-state index is 0.171. The molecule has 0 rings (SSSR count). The highest BCUT2D eigenvalue weighted by Gasteiger charge is 2.15. The summed E-state index contributed by atoms with van der Waals surface area (Å²) in [4.78, 5) is 2.30. The van der Waals surface area contributed by atoms with Crippen LogP contribution in [0.3, 0.4) is 0 Å². The van der Waals surface area contributed by atoms with E-state index in [2.05, 4.69) is 18.7 Å². The molecule has 1 atom stereocenters. The van der Waals surface area contributed by atoms with Crippen LogP contribution in [0.2, 0.25) is 0 Å². The van der Waals surface area contributed by atoms with Gasteiger partial charge in [0.25, 0.3) is 0 Å². The van der Waals surface area contributed by atoms with Crippen LogP contribution >= 0.6 is 0 Å². The van der Waals surface area contributed by atoms with Crippen molar-refractivity contribution in [1.29, 1.82) is 0 Å². The fraction of sp³-hybridized carbons (Fsp3) is 1.00. The van der Waals surface area contributed by atoms with Gasteiger partial charge in [-0.2, -0.15) is 0 Å². The van der Waals surface area contributed by atoms with Crippen LogP contribution in [0.1, 0.15) is 26.7 Å². The summed E-state index contributed by atoms with van der Waals surface area (Å²) in [6.45, 7) is 7.21. The average Bonchev–Trinajstić information content (AvgIpc) is 2.14. The average molecular weight is 189 g/mol. The first-order valence-electron chi connectivity index (χ1n) is 5.13. The lowest BCUT2D eigenvalue weighted by Gasteiger charge is -2.29. The molecule has 3 heteroatoms. The Morgan fingerprint density at radius 3 is 2.08 bits per heavy atom. The van der Waals surface area contributed by atoms with E-state index < -0.39 is 0 Å². The van der Waals surface area contributed by atoms with E-state index in [9.17, 15) is 0 Å². The van der Waals surface area contributed by atoms with Crippen molar-refractivity contribution >= 4 is 0 Å². The maximum absolute atomic E-state index is 9.16. The van der Waals surface area contributed by atoms with Gasteiger partial charge in [-0.1, -0.05) is 13.8 Å². The Bertz CT molecular complexity index is 103. The molecule has 80 valence electrons. The summed E-state index contributed by atoms with van der Waals surface area (Å²) in [6.07, 6.45) is 2.25. The lowest BCUT2D eigenvalue weighted by Crippen LogP contribution is -2.42. The van der Waals surface area contributed by atoms with Crippen molar-refractivity contribution in [2.45, 2.75) is 32.7 Å². The molecule has 0 saturated carbocycles. The Balaban J connectivity index is 3.94.